The molecule has 0 bridgehead atoms. The minimum atomic E-state index is -0.868. The Morgan fingerprint density at radius 2 is 1.81 bits per heavy atom. The van der Waals surface area contributed by atoms with Crippen LogP contribution in [0.3, 0.4) is 0 Å². The molecule has 0 aliphatic carbocycles. The van der Waals surface area contributed by atoms with Crippen molar-refractivity contribution in [3.63, 3.8) is 0 Å². The molecule has 0 saturated heterocycles. The number of hydrogen-bond donors (Lipinski definition) is 1. The number of hydrogen-bond acceptors (Lipinski definition) is 3. The Bertz CT molecular complexity index is 266. The number of Topliss-reactive ketones (excluding diaryl/α,β-unsaturated/α-hetero) is 1. The molecular weight excluding hydrogens is 204 g/mol. The second-order valence-corrected chi connectivity index (χ2v) is 4.64. The van der Waals surface area contributed by atoms with E-state index in [1.165, 1.54) is 0 Å². The monoisotopic (exact) mass is 226 g/mol. The third kappa shape index (κ3) is 5.21. The Morgan fingerprint density at radius 1 is 1.25 bits per heavy atom. The van der Waals surface area contributed by atoms with E-state index in [2.05, 4.69) is 13.8 Å². The predicted molar refractivity (Wildman–Crippen MR) is 64.1 cm³/mol. The van der Waals surface area contributed by atoms with Gasteiger partial charge in [0.1, 0.15) is 6.29 Å². The van der Waals surface area contributed by atoms with Crippen molar-refractivity contribution in [1.29, 1.82) is 0 Å². The Hall–Kier alpha value is -0.960. The van der Waals surface area contributed by atoms with Crippen LogP contribution in [-0.2, 0) is 9.59 Å². The second kappa shape index (κ2) is 7.34. The molecule has 0 aliphatic rings. The van der Waals surface area contributed by atoms with Crippen LogP contribution in [0.2, 0.25) is 0 Å². The highest BCUT2D eigenvalue weighted by molar-refractivity contribution is 5.96. The number of aldehydes is 1. The van der Waals surface area contributed by atoms with E-state index in [-0.39, 0.29) is 12.2 Å². The summed E-state index contributed by atoms with van der Waals surface area (Å²) in [5, 5.41) is 9.54. The van der Waals surface area contributed by atoms with E-state index in [1.807, 2.05) is 6.08 Å². The lowest BCUT2D eigenvalue weighted by Crippen LogP contribution is -2.26. The van der Waals surface area contributed by atoms with E-state index in [0.29, 0.717) is 17.8 Å². The number of allylic oxidation sites excluding steroid dienone is 2. The minimum absolute atomic E-state index is 0.0182. The highest BCUT2D eigenvalue weighted by Gasteiger charge is 2.22. The molecule has 0 aromatic rings. The number of aliphatic hydroxyl groups is 1. The number of ketones is 1. The molecule has 0 amide bonds. The molecule has 3 heteroatoms. The van der Waals surface area contributed by atoms with Gasteiger partial charge in [0.05, 0.1) is 6.10 Å². The summed E-state index contributed by atoms with van der Waals surface area (Å²) in [6, 6.07) is 0. The summed E-state index contributed by atoms with van der Waals surface area (Å²) in [6.45, 7) is 7.58. The molecular formula is C13H22O3. The highest BCUT2D eigenvalue weighted by atomic mass is 16.3. The summed E-state index contributed by atoms with van der Waals surface area (Å²) in [7, 11) is 0. The zero-order chi connectivity index (χ0) is 12.7. The number of aliphatic hydroxyl groups excluding tert-OH is 1. The largest absolute Gasteiger partial charge is 0.392 e. The molecule has 0 spiro atoms. The van der Waals surface area contributed by atoms with Crippen LogP contribution in [0.15, 0.2) is 11.6 Å². The van der Waals surface area contributed by atoms with Gasteiger partial charge in [-0.1, -0.05) is 26.8 Å². The second-order valence-electron chi connectivity index (χ2n) is 4.64. The predicted octanol–water partition coefficient (Wildman–Crippen LogP) is 2.13. The van der Waals surface area contributed by atoms with Gasteiger partial charge in [-0.05, 0) is 24.8 Å². The van der Waals surface area contributed by atoms with Crippen molar-refractivity contribution in [3.05, 3.63) is 11.6 Å². The van der Waals surface area contributed by atoms with E-state index in [1.54, 1.807) is 13.8 Å². The Labute approximate surface area is 97.5 Å². The van der Waals surface area contributed by atoms with Crippen molar-refractivity contribution in [1.82, 2.24) is 0 Å². The van der Waals surface area contributed by atoms with E-state index in [4.69, 9.17) is 0 Å². The fraction of sp³-hybridized carbons (Fsp3) is 0.692. The lowest BCUT2D eigenvalue weighted by molar-refractivity contribution is -0.122. The van der Waals surface area contributed by atoms with Gasteiger partial charge in [0.15, 0.2) is 5.78 Å². The lowest BCUT2D eigenvalue weighted by Gasteiger charge is -2.15. The van der Waals surface area contributed by atoms with Crippen LogP contribution < -0.4 is 0 Å². The third-order valence-electron chi connectivity index (χ3n) is 2.61. The van der Waals surface area contributed by atoms with Crippen LogP contribution in [0, 0.1) is 11.8 Å². The Morgan fingerprint density at radius 3 is 2.25 bits per heavy atom. The first-order valence-corrected chi connectivity index (χ1v) is 5.72. The van der Waals surface area contributed by atoms with Crippen LogP contribution in [0.4, 0.5) is 0 Å². The van der Waals surface area contributed by atoms with Crippen LogP contribution >= 0.6 is 0 Å². The van der Waals surface area contributed by atoms with Gasteiger partial charge in [0.25, 0.3) is 0 Å². The van der Waals surface area contributed by atoms with Gasteiger partial charge in [-0.2, -0.15) is 0 Å². The quantitative estimate of drug-likeness (QED) is 0.534. The molecule has 0 aromatic heterocycles. The standard InChI is InChI=1S/C13H22O3/c1-9(2)5-6-10(3)13(16)11(4)12(15)7-8-14/h6,8-9,11-12,15H,5,7H2,1-4H3/b10-6+/t11-,12-/m0/s1. The molecule has 16 heavy (non-hydrogen) atoms. The smallest absolute Gasteiger partial charge is 0.163 e. The molecule has 3 nitrogen and oxygen atoms in total. The maximum absolute atomic E-state index is 11.8. The van der Waals surface area contributed by atoms with Crippen molar-refractivity contribution in [2.24, 2.45) is 11.8 Å². The summed E-state index contributed by atoms with van der Waals surface area (Å²) in [5.74, 6) is -0.0680. The molecule has 0 aromatic carbocycles. The molecule has 0 rings (SSSR count). The van der Waals surface area contributed by atoms with Gasteiger partial charge in [-0.15, -0.1) is 0 Å². The zero-order valence-corrected chi connectivity index (χ0v) is 10.6. The maximum atomic E-state index is 11.8. The van der Waals surface area contributed by atoms with Gasteiger partial charge in [-0.3, -0.25) is 4.79 Å². The number of rotatable bonds is 7. The van der Waals surface area contributed by atoms with Gasteiger partial charge < -0.3 is 9.90 Å². The fourth-order valence-electron chi connectivity index (χ4n) is 1.35. The van der Waals surface area contributed by atoms with Crippen molar-refractivity contribution in [2.75, 3.05) is 0 Å². The first-order chi connectivity index (χ1) is 7.40. The third-order valence-corrected chi connectivity index (χ3v) is 2.61. The molecule has 0 fully saturated rings. The van der Waals surface area contributed by atoms with Gasteiger partial charge >= 0.3 is 0 Å². The molecule has 0 aliphatic heterocycles. The zero-order valence-electron chi connectivity index (χ0n) is 10.6. The van der Waals surface area contributed by atoms with Crippen LogP contribution in [-0.4, -0.2) is 23.3 Å². The van der Waals surface area contributed by atoms with Crippen molar-refractivity contribution >= 4 is 12.1 Å². The highest BCUT2D eigenvalue weighted by Crippen LogP contribution is 2.14. The molecule has 0 saturated carbocycles. The molecule has 2 atom stereocenters. The number of carbonyl (C=O) groups is 2. The van der Waals surface area contributed by atoms with Gasteiger partial charge in [0, 0.05) is 12.3 Å². The average molecular weight is 226 g/mol. The van der Waals surface area contributed by atoms with Crippen molar-refractivity contribution in [3.8, 4) is 0 Å². The molecule has 0 heterocycles. The summed E-state index contributed by atoms with van der Waals surface area (Å²) < 4.78 is 0. The van der Waals surface area contributed by atoms with Crippen molar-refractivity contribution < 1.29 is 14.7 Å². The van der Waals surface area contributed by atoms with E-state index < -0.39 is 12.0 Å². The summed E-state index contributed by atoms with van der Waals surface area (Å²) >= 11 is 0. The van der Waals surface area contributed by atoms with Gasteiger partial charge in [-0.25, -0.2) is 0 Å². The van der Waals surface area contributed by atoms with Crippen LogP contribution in [0.1, 0.15) is 40.5 Å². The molecule has 0 radical (unpaired) electrons. The van der Waals surface area contributed by atoms with Crippen LogP contribution in [0.25, 0.3) is 0 Å². The van der Waals surface area contributed by atoms with Gasteiger partial charge in [0.2, 0.25) is 0 Å². The first kappa shape index (κ1) is 15.0. The maximum Gasteiger partial charge on any atom is 0.163 e. The Kier molecular flexibility index (Phi) is 6.90. The summed E-state index contributed by atoms with van der Waals surface area (Å²) in [6.07, 6.45) is 2.55. The van der Waals surface area contributed by atoms with E-state index in [9.17, 15) is 14.7 Å². The molecule has 92 valence electrons. The summed E-state index contributed by atoms with van der Waals surface area (Å²) in [5.41, 5.74) is 0.672. The topological polar surface area (TPSA) is 54.4 Å². The molecule has 0 unspecified atom stereocenters. The van der Waals surface area contributed by atoms with E-state index >= 15 is 0 Å². The molecule has 1 N–H and O–H groups in total. The first-order valence-electron chi connectivity index (χ1n) is 5.72. The lowest BCUT2D eigenvalue weighted by atomic mass is 9.92. The normalized spacial score (nSPS) is 16.0. The fourth-order valence-corrected chi connectivity index (χ4v) is 1.35. The van der Waals surface area contributed by atoms with Crippen molar-refractivity contribution in [2.45, 2.75) is 46.6 Å². The average Bonchev–Trinajstić information content (AvgIpc) is 2.23. The van der Waals surface area contributed by atoms with Crippen LogP contribution in [0.5, 0.6) is 0 Å². The Balaban J connectivity index is 4.42. The minimum Gasteiger partial charge on any atom is -0.392 e. The number of carbonyl (C=O) groups excluding carboxylic acids is 2. The van der Waals surface area contributed by atoms with E-state index in [0.717, 1.165) is 6.42 Å². The summed E-state index contributed by atoms with van der Waals surface area (Å²) in [4.78, 5) is 22.1. The SMILES string of the molecule is C/C(=C\CC(C)C)C(=O)[C@@H](C)[C@@H](O)CC=O.